The highest BCUT2D eigenvalue weighted by Gasteiger charge is 2.24. The summed E-state index contributed by atoms with van der Waals surface area (Å²) < 4.78 is 0.975. The molecule has 1 atom stereocenters. The molecular weight excluding hydrogens is 324 g/mol. The molecule has 1 fully saturated rings. The molecule has 0 radical (unpaired) electrons. The van der Waals surface area contributed by atoms with E-state index in [1.807, 2.05) is 6.07 Å². The predicted octanol–water partition coefficient (Wildman–Crippen LogP) is 4.32. The lowest BCUT2D eigenvalue weighted by molar-refractivity contribution is 0.383. The summed E-state index contributed by atoms with van der Waals surface area (Å²) in [5.41, 5.74) is 1.46. The van der Waals surface area contributed by atoms with E-state index in [0.29, 0.717) is 0 Å². The van der Waals surface area contributed by atoms with Crippen LogP contribution in [0.25, 0.3) is 0 Å². The van der Waals surface area contributed by atoms with Gasteiger partial charge < -0.3 is 10.2 Å². The Bertz CT molecular complexity index is 442. The Morgan fingerprint density at radius 1 is 1.42 bits per heavy atom. The zero-order chi connectivity index (χ0) is 14.0. The molecule has 1 aliphatic rings. The molecular formula is C15H22BrClN2. The summed E-state index contributed by atoms with van der Waals surface area (Å²) in [6, 6.07) is 6.18. The van der Waals surface area contributed by atoms with E-state index in [1.54, 1.807) is 0 Å². The van der Waals surface area contributed by atoms with Gasteiger partial charge in [-0.2, -0.15) is 0 Å². The average molecular weight is 346 g/mol. The fraction of sp³-hybridized carbons (Fsp3) is 0.600. The minimum Gasteiger partial charge on any atom is -0.371 e. The number of hydrogen-bond donors (Lipinski definition) is 1. The van der Waals surface area contributed by atoms with Crippen molar-refractivity contribution in [1.29, 1.82) is 0 Å². The Labute approximate surface area is 129 Å². The molecule has 2 nitrogen and oxygen atoms in total. The van der Waals surface area contributed by atoms with Gasteiger partial charge in [0.2, 0.25) is 0 Å². The Kier molecular flexibility index (Phi) is 4.80. The fourth-order valence-corrected chi connectivity index (χ4v) is 2.85. The van der Waals surface area contributed by atoms with E-state index in [1.165, 1.54) is 12.1 Å². The second-order valence-corrected chi connectivity index (χ2v) is 7.59. The summed E-state index contributed by atoms with van der Waals surface area (Å²) in [4.78, 5) is 2.44. The first-order valence-corrected chi connectivity index (χ1v) is 7.97. The third kappa shape index (κ3) is 4.37. The van der Waals surface area contributed by atoms with Gasteiger partial charge in [0.1, 0.15) is 0 Å². The van der Waals surface area contributed by atoms with Crippen molar-refractivity contribution in [2.75, 3.05) is 24.5 Å². The predicted molar refractivity (Wildman–Crippen MR) is 87.2 cm³/mol. The Balaban J connectivity index is 1.92. The molecule has 0 bridgehead atoms. The van der Waals surface area contributed by atoms with Crippen LogP contribution in [-0.2, 0) is 0 Å². The van der Waals surface area contributed by atoms with Gasteiger partial charge in [-0.3, -0.25) is 0 Å². The number of rotatable bonds is 3. The summed E-state index contributed by atoms with van der Waals surface area (Å²) in [7, 11) is 0. The van der Waals surface area contributed by atoms with Gasteiger partial charge in [0.05, 0.1) is 5.02 Å². The largest absolute Gasteiger partial charge is 0.371 e. The van der Waals surface area contributed by atoms with Crippen LogP contribution < -0.4 is 10.2 Å². The molecule has 0 aliphatic carbocycles. The standard InChI is InChI=1S/C15H22BrClN2/c1-15(2,3)18-9-11-6-7-19(10-11)12-4-5-14(17)13(16)8-12/h4-5,8,11,18H,6-7,9-10H2,1-3H3. The molecule has 4 heteroatoms. The summed E-state index contributed by atoms with van der Waals surface area (Å²) in [5.74, 6) is 0.730. The maximum Gasteiger partial charge on any atom is 0.0549 e. The zero-order valence-corrected chi connectivity index (χ0v) is 14.2. The van der Waals surface area contributed by atoms with Crippen LogP contribution in [0, 0.1) is 5.92 Å². The first-order chi connectivity index (χ1) is 8.85. The van der Waals surface area contributed by atoms with Crippen LogP contribution in [0.5, 0.6) is 0 Å². The van der Waals surface area contributed by atoms with Crippen molar-refractivity contribution in [3.63, 3.8) is 0 Å². The van der Waals surface area contributed by atoms with Crippen LogP contribution in [-0.4, -0.2) is 25.2 Å². The van der Waals surface area contributed by atoms with Crippen LogP contribution in [0.15, 0.2) is 22.7 Å². The fourth-order valence-electron chi connectivity index (χ4n) is 2.37. The average Bonchev–Trinajstić information content (AvgIpc) is 2.78. The highest BCUT2D eigenvalue weighted by atomic mass is 79.9. The van der Waals surface area contributed by atoms with Crippen LogP contribution in [0.3, 0.4) is 0 Å². The van der Waals surface area contributed by atoms with E-state index in [4.69, 9.17) is 11.6 Å². The van der Waals surface area contributed by atoms with Gasteiger partial charge in [-0.1, -0.05) is 11.6 Å². The molecule has 1 heterocycles. The van der Waals surface area contributed by atoms with E-state index in [-0.39, 0.29) is 5.54 Å². The van der Waals surface area contributed by atoms with Crippen LogP contribution in [0.4, 0.5) is 5.69 Å². The van der Waals surface area contributed by atoms with Crippen molar-refractivity contribution >= 4 is 33.2 Å². The minimum absolute atomic E-state index is 0.205. The molecule has 0 spiro atoms. The van der Waals surface area contributed by atoms with Gasteiger partial charge in [0.15, 0.2) is 0 Å². The molecule has 0 aromatic heterocycles. The van der Waals surface area contributed by atoms with E-state index in [9.17, 15) is 0 Å². The Morgan fingerprint density at radius 3 is 2.79 bits per heavy atom. The highest BCUT2D eigenvalue weighted by Crippen LogP contribution is 2.30. The quantitative estimate of drug-likeness (QED) is 0.878. The minimum atomic E-state index is 0.205. The monoisotopic (exact) mass is 344 g/mol. The molecule has 1 N–H and O–H groups in total. The van der Waals surface area contributed by atoms with Gasteiger partial charge in [0.25, 0.3) is 0 Å². The molecule has 0 amide bonds. The lowest BCUT2D eigenvalue weighted by Crippen LogP contribution is -2.39. The zero-order valence-electron chi connectivity index (χ0n) is 11.8. The van der Waals surface area contributed by atoms with Crippen LogP contribution >= 0.6 is 27.5 Å². The Hall–Kier alpha value is -0.250. The first kappa shape index (κ1) is 15.1. The highest BCUT2D eigenvalue weighted by molar-refractivity contribution is 9.10. The van der Waals surface area contributed by atoms with Crippen molar-refractivity contribution in [3.8, 4) is 0 Å². The summed E-state index contributed by atoms with van der Waals surface area (Å²) >= 11 is 9.53. The van der Waals surface area contributed by atoms with Gasteiger partial charge >= 0.3 is 0 Å². The molecule has 106 valence electrons. The first-order valence-electron chi connectivity index (χ1n) is 6.80. The van der Waals surface area contributed by atoms with Crippen molar-refractivity contribution in [2.24, 2.45) is 5.92 Å². The summed E-state index contributed by atoms with van der Waals surface area (Å²) in [5, 5.41) is 4.37. The lowest BCUT2D eigenvalue weighted by atomic mass is 10.1. The molecule has 1 aromatic rings. The molecule has 1 unspecified atom stereocenters. The normalized spacial score (nSPS) is 20.1. The number of nitrogens with zero attached hydrogens (tertiary/aromatic N) is 1. The van der Waals surface area contributed by atoms with Gasteiger partial charge in [0, 0.05) is 35.3 Å². The number of hydrogen-bond acceptors (Lipinski definition) is 2. The SMILES string of the molecule is CC(C)(C)NCC1CCN(c2ccc(Cl)c(Br)c2)C1. The smallest absolute Gasteiger partial charge is 0.0549 e. The number of nitrogens with one attached hydrogen (secondary N) is 1. The van der Waals surface area contributed by atoms with Gasteiger partial charge in [-0.05, 0) is 67.2 Å². The molecule has 19 heavy (non-hydrogen) atoms. The topological polar surface area (TPSA) is 15.3 Å². The second kappa shape index (κ2) is 6.02. The number of anilines is 1. The third-order valence-electron chi connectivity index (χ3n) is 3.48. The van der Waals surface area contributed by atoms with Crippen molar-refractivity contribution in [3.05, 3.63) is 27.7 Å². The van der Waals surface area contributed by atoms with Gasteiger partial charge in [-0.15, -0.1) is 0 Å². The van der Waals surface area contributed by atoms with Crippen molar-refractivity contribution in [2.45, 2.75) is 32.7 Å². The number of benzene rings is 1. The maximum atomic E-state index is 6.04. The van der Waals surface area contributed by atoms with Crippen LogP contribution in [0.2, 0.25) is 5.02 Å². The number of halogens is 2. The summed E-state index contributed by atoms with van der Waals surface area (Å²) in [6.07, 6.45) is 1.25. The second-order valence-electron chi connectivity index (χ2n) is 6.33. The Morgan fingerprint density at radius 2 is 2.16 bits per heavy atom. The van der Waals surface area contributed by atoms with E-state index >= 15 is 0 Å². The van der Waals surface area contributed by atoms with Crippen molar-refractivity contribution < 1.29 is 0 Å². The maximum absolute atomic E-state index is 6.04. The van der Waals surface area contributed by atoms with Crippen molar-refractivity contribution in [1.82, 2.24) is 5.32 Å². The van der Waals surface area contributed by atoms with Gasteiger partial charge in [-0.25, -0.2) is 0 Å². The summed E-state index contributed by atoms with van der Waals surface area (Å²) in [6.45, 7) is 10.00. The molecule has 1 aromatic carbocycles. The molecule has 1 saturated heterocycles. The van der Waals surface area contributed by atoms with E-state index in [0.717, 1.165) is 35.0 Å². The van der Waals surface area contributed by atoms with E-state index < -0.39 is 0 Å². The van der Waals surface area contributed by atoms with Crippen LogP contribution in [0.1, 0.15) is 27.2 Å². The molecule has 1 aliphatic heterocycles. The molecule has 0 saturated carbocycles. The lowest BCUT2D eigenvalue weighted by Gasteiger charge is -2.24. The molecule has 2 rings (SSSR count). The van der Waals surface area contributed by atoms with E-state index in [2.05, 4.69) is 59.1 Å². The third-order valence-corrected chi connectivity index (χ3v) is 4.69.